The molecule has 0 atom stereocenters. The SMILES string of the molecule is CN(Cc1nc2ccsc2c(=O)[nH]1)C(=O)COc1ccc(Br)cc1. The number of H-pyrrole nitrogens is 1. The van der Waals surface area contributed by atoms with Gasteiger partial charge in [-0.05, 0) is 35.7 Å². The number of benzene rings is 1. The van der Waals surface area contributed by atoms with Crippen LogP contribution in [0.25, 0.3) is 10.2 Å². The lowest BCUT2D eigenvalue weighted by Crippen LogP contribution is -2.32. The third-order valence-corrected chi connectivity index (χ3v) is 4.78. The van der Waals surface area contributed by atoms with Crippen LogP contribution in [0.4, 0.5) is 0 Å². The van der Waals surface area contributed by atoms with E-state index in [9.17, 15) is 9.59 Å². The number of ether oxygens (including phenoxy) is 1. The predicted molar refractivity (Wildman–Crippen MR) is 96.4 cm³/mol. The van der Waals surface area contributed by atoms with Crippen molar-refractivity contribution in [2.45, 2.75) is 6.54 Å². The molecule has 3 rings (SSSR count). The summed E-state index contributed by atoms with van der Waals surface area (Å²) in [6.07, 6.45) is 0. The summed E-state index contributed by atoms with van der Waals surface area (Å²) >= 11 is 4.68. The first kappa shape index (κ1) is 16.7. The number of thiophene rings is 1. The predicted octanol–water partition coefficient (Wildman–Crippen LogP) is 2.78. The van der Waals surface area contributed by atoms with E-state index in [1.165, 1.54) is 16.2 Å². The second kappa shape index (κ2) is 7.14. The van der Waals surface area contributed by atoms with Gasteiger partial charge in [0.05, 0.1) is 12.1 Å². The number of hydrogen-bond acceptors (Lipinski definition) is 5. The fourth-order valence-electron chi connectivity index (χ4n) is 2.10. The van der Waals surface area contributed by atoms with E-state index in [0.717, 1.165) is 4.47 Å². The van der Waals surface area contributed by atoms with E-state index in [4.69, 9.17) is 4.74 Å². The van der Waals surface area contributed by atoms with Crippen molar-refractivity contribution in [2.24, 2.45) is 0 Å². The molecule has 1 N–H and O–H groups in total. The Morgan fingerprint density at radius 3 is 2.83 bits per heavy atom. The smallest absolute Gasteiger partial charge is 0.268 e. The molecule has 0 radical (unpaired) electrons. The largest absolute Gasteiger partial charge is 0.484 e. The standard InChI is InChI=1S/C16H14BrN3O3S/c1-20(14(21)9-23-11-4-2-10(17)3-5-11)8-13-18-12-6-7-24-15(12)16(22)19-13/h2-7H,8-9H2,1H3,(H,18,19,22). The summed E-state index contributed by atoms with van der Waals surface area (Å²) in [6.45, 7) is 0.132. The van der Waals surface area contributed by atoms with E-state index in [1.807, 2.05) is 17.5 Å². The molecule has 124 valence electrons. The second-order valence-corrected chi connectivity index (χ2v) is 6.97. The van der Waals surface area contributed by atoms with Crippen LogP contribution in [0.5, 0.6) is 5.75 Å². The maximum Gasteiger partial charge on any atom is 0.268 e. The average molecular weight is 408 g/mol. The third-order valence-electron chi connectivity index (χ3n) is 3.35. The molecule has 0 aliphatic heterocycles. The number of carbonyl (C=O) groups excluding carboxylic acids is 1. The van der Waals surface area contributed by atoms with Crippen LogP contribution in [-0.2, 0) is 11.3 Å². The fraction of sp³-hybridized carbons (Fsp3) is 0.188. The van der Waals surface area contributed by atoms with Crippen LogP contribution in [0.1, 0.15) is 5.82 Å². The molecule has 6 nitrogen and oxygen atoms in total. The van der Waals surface area contributed by atoms with E-state index in [0.29, 0.717) is 21.8 Å². The van der Waals surface area contributed by atoms with Crippen LogP contribution >= 0.6 is 27.3 Å². The van der Waals surface area contributed by atoms with Crippen LogP contribution in [0, 0.1) is 0 Å². The molecule has 0 saturated heterocycles. The van der Waals surface area contributed by atoms with Gasteiger partial charge in [-0.2, -0.15) is 0 Å². The van der Waals surface area contributed by atoms with E-state index in [2.05, 4.69) is 25.9 Å². The van der Waals surface area contributed by atoms with Gasteiger partial charge in [0, 0.05) is 11.5 Å². The van der Waals surface area contributed by atoms with Crippen molar-refractivity contribution >= 4 is 43.4 Å². The summed E-state index contributed by atoms with van der Waals surface area (Å²) in [5.41, 5.74) is 0.461. The van der Waals surface area contributed by atoms with Gasteiger partial charge in [-0.3, -0.25) is 9.59 Å². The van der Waals surface area contributed by atoms with Gasteiger partial charge in [0.1, 0.15) is 16.3 Å². The molecule has 3 aromatic rings. The van der Waals surface area contributed by atoms with Crippen molar-refractivity contribution < 1.29 is 9.53 Å². The molecule has 2 heterocycles. The number of aromatic nitrogens is 2. The number of amides is 1. The van der Waals surface area contributed by atoms with Crippen molar-refractivity contribution in [1.29, 1.82) is 0 Å². The zero-order chi connectivity index (χ0) is 17.1. The minimum Gasteiger partial charge on any atom is -0.484 e. The van der Waals surface area contributed by atoms with Crippen LogP contribution in [-0.4, -0.2) is 34.4 Å². The fourth-order valence-corrected chi connectivity index (χ4v) is 3.09. The monoisotopic (exact) mass is 407 g/mol. The van der Waals surface area contributed by atoms with Crippen molar-refractivity contribution in [3.8, 4) is 5.75 Å². The normalized spacial score (nSPS) is 10.8. The highest BCUT2D eigenvalue weighted by atomic mass is 79.9. The zero-order valence-electron chi connectivity index (χ0n) is 12.8. The van der Waals surface area contributed by atoms with Crippen molar-refractivity contribution in [3.05, 3.63) is 56.4 Å². The van der Waals surface area contributed by atoms with Crippen LogP contribution in [0.15, 0.2) is 45.0 Å². The topological polar surface area (TPSA) is 75.3 Å². The number of hydrogen-bond donors (Lipinski definition) is 1. The lowest BCUT2D eigenvalue weighted by molar-refractivity contribution is -0.132. The average Bonchev–Trinajstić information content (AvgIpc) is 3.03. The minimum atomic E-state index is -0.203. The van der Waals surface area contributed by atoms with Crippen LogP contribution in [0.3, 0.4) is 0 Å². The maximum atomic E-state index is 12.2. The summed E-state index contributed by atoms with van der Waals surface area (Å²) in [7, 11) is 1.64. The number of nitrogens with zero attached hydrogens (tertiary/aromatic N) is 2. The van der Waals surface area contributed by atoms with Gasteiger partial charge in [0.15, 0.2) is 6.61 Å². The molecule has 1 amide bonds. The first-order chi connectivity index (χ1) is 11.5. The quantitative estimate of drug-likeness (QED) is 0.705. The Balaban J connectivity index is 1.62. The Morgan fingerprint density at radius 2 is 2.08 bits per heavy atom. The highest BCUT2D eigenvalue weighted by Gasteiger charge is 2.13. The van der Waals surface area contributed by atoms with Gasteiger partial charge in [-0.25, -0.2) is 4.98 Å². The minimum absolute atomic E-state index is 0.0803. The third kappa shape index (κ3) is 3.82. The Kier molecular flexibility index (Phi) is 4.96. The molecule has 0 bridgehead atoms. The molecule has 8 heteroatoms. The first-order valence-electron chi connectivity index (χ1n) is 7.11. The van der Waals surface area contributed by atoms with E-state index < -0.39 is 0 Å². The molecule has 0 fully saturated rings. The Morgan fingerprint density at radius 1 is 1.33 bits per heavy atom. The highest BCUT2D eigenvalue weighted by Crippen LogP contribution is 2.16. The number of nitrogens with one attached hydrogen (secondary N) is 1. The molecular weight excluding hydrogens is 394 g/mol. The first-order valence-corrected chi connectivity index (χ1v) is 8.79. The molecule has 0 saturated carbocycles. The van der Waals surface area contributed by atoms with Crippen molar-refractivity contribution in [3.63, 3.8) is 0 Å². The van der Waals surface area contributed by atoms with Gasteiger partial charge in [0.25, 0.3) is 11.5 Å². The molecule has 0 aliphatic rings. The van der Waals surface area contributed by atoms with E-state index in [-0.39, 0.29) is 24.6 Å². The molecule has 24 heavy (non-hydrogen) atoms. The van der Waals surface area contributed by atoms with Crippen molar-refractivity contribution in [1.82, 2.24) is 14.9 Å². The van der Waals surface area contributed by atoms with Gasteiger partial charge in [0.2, 0.25) is 0 Å². The number of aromatic amines is 1. The molecule has 0 unspecified atom stereocenters. The molecule has 1 aromatic carbocycles. The van der Waals surface area contributed by atoms with Crippen LogP contribution < -0.4 is 10.3 Å². The second-order valence-electron chi connectivity index (χ2n) is 5.14. The lowest BCUT2D eigenvalue weighted by Gasteiger charge is -2.17. The molecule has 0 aliphatic carbocycles. The maximum absolute atomic E-state index is 12.2. The Labute approximate surface area is 150 Å². The molecule has 2 aromatic heterocycles. The number of carbonyl (C=O) groups is 1. The summed E-state index contributed by atoms with van der Waals surface area (Å²) < 4.78 is 6.99. The van der Waals surface area contributed by atoms with Gasteiger partial charge in [-0.1, -0.05) is 15.9 Å². The number of likely N-dealkylation sites (N-methyl/N-ethyl adjacent to an activating group) is 1. The zero-order valence-corrected chi connectivity index (χ0v) is 15.2. The molecule has 0 spiro atoms. The van der Waals surface area contributed by atoms with E-state index in [1.54, 1.807) is 25.2 Å². The summed E-state index contributed by atoms with van der Waals surface area (Å²) in [6, 6.07) is 9.03. The number of fused-ring (bicyclic) bond motifs is 1. The lowest BCUT2D eigenvalue weighted by atomic mass is 10.3. The van der Waals surface area contributed by atoms with Gasteiger partial charge < -0.3 is 14.6 Å². The van der Waals surface area contributed by atoms with Gasteiger partial charge in [-0.15, -0.1) is 11.3 Å². The number of halogens is 1. The summed E-state index contributed by atoms with van der Waals surface area (Å²) in [4.78, 5) is 32.6. The van der Waals surface area contributed by atoms with Crippen LogP contribution in [0.2, 0.25) is 0 Å². The Hall–Kier alpha value is -2.19. The molecular formula is C16H14BrN3O3S. The van der Waals surface area contributed by atoms with Crippen molar-refractivity contribution in [2.75, 3.05) is 13.7 Å². The Bertz CT molecular complexity index is 920. The van der Waals surface area contributed by atoms with E-state index >= 15 is 0 Å². The van der Waals surface area contributed by atoms with Gasteiger partial charge >= 0.3 is 0 Å². The summed E-state index contributed by atoms with van der Waals surface area (Å²) in [5.74, 6) is 0.863. The number of rotatable bonds is 5. The summed E-state index contributed by atoms with van der Waals surface area (Å²) in [5, 5.41) is 1.82. The highest BCUT2D eigenvalue weighted by molar-refractivity contribution is 9.10.